The Bertz CT molecular complexity index is 475. The van der Waals surface area contributed by atoms with Crippen LogP contribution in [0.4, 0.5) is 5.69 Å². The first-order valence-corrected chi connectivity index (χ1v) is 7.93. The molecule has 2 atom stereocenters. The van der Waals surface area contributed by atoms with Gasteiger partial charge in [0.2, 0.25) is 5.91 Å². The fourth-order valence-electron chi connectivity index (χ4n) is 3.29. The van der Waals surface area contributed by atoms with Gasteiger partial charge in [-0.3, -0.25) is 9.69 Å². The highest BCUT2D eigenvalue weighted by Gasteiger charge is 2.29. The van der Waals surface area contributed by atoms with Crippen molar-refractivity contribution in [2.24, 2.45) is 11.7 Å². The number of nitrogens with zero attached hydrogens (tertiary/aromatic N) is 1. The van der Waals surface area contributed by atoms with Crippen molar-refractivity contribution in [2.75, 3.05) is 25.5 Å². The SMILES string of the molecule is CCc1cccc(NC(=O)CN(C)C2CCCC2CN)c1. The quantitative estimate of drug-likeness (QED) is 0.844. The number of hydrogen-bond acceptors (Lipinski definition) is 3. The van der Waals surface area contributed by atoms with E-state index >= 15 is 0 Å². The van der Waals surface area contributed by atoms with Crippen LogP contribution in [-0.2, 0) is 11.2 Å². The minimum absolute atomic E-state index is 0.0495. The molecule has 4 nitrogen and oxygen atoms in total. The molecule has 1 aromatic rings. The van der Waals surface area contributed by atoms with Crippen LogP contribution in [0.3, 0.4) is 0 Å². The minimum atomic E-state index is 0.0495. The molecule has 0 saturated heterocycles. The molecule has 2 unspecified atom stereocenters. The summed E-state index contributed by atoms with van der Waals surface area (Å²) in [6.45, 7) is 3.26. The second kappa shape index (κ2) is 7.57. The average molecular weight is 289 g/mol. The van der Waals surface area contributed by atoms with E-state index in [1.807, 2.05) is 25.2 Å². The predicted octanol–water partition coefficient (Wildman–Crippen LogP) is 2.25. The highest BCUT2D eigenvalue weighted by molar-refractivity contribution is 5.92. The summed E-state index contributed by atoms with van der Waals surface area (Å²) >= 11 is 0. The monoisotopic (exact) mass is 289 g/mol. The molecule has 1 saturated carbocycles. The zero-order valence-electron chi connectivity index (χ0n) is 13.1. The smallest absolute Gasteiger partial charge is 0.238 e. The van der Waals surface area contributed by atoms with E-state index in [0.29, 0.717) is 18.5 Å². The van der Waals surface area contributed by atoms with Gasteiger partial charge < -0.3 is 11.1 Å². The Balaban J connectivity index is 1.88. The van der Waals surface area contributed by atoms with Gasteiger partial charge in [0.15, 0.2) is 0 Å². The van der Waals surface area contributed by atoms with Crippen molar-refractivity contribution in [3.05, 3.63) is 29.8 Å². The number of carbonyl (C=O) groups excluding carboxylic acids is 1. The largest absolute Gasteiger partial charge is 0.330 e. The molecule has 0 aromatic heterocycles. The van der Waals surface area contributed by atoms with E-state index in [-0.39, 0.29) is 5.91 Å². The normalized spacial score (nSPS) is 21.7. The Kier molecular flexibility index (Phi) is 5.76. The van der Waals surface area contributed by atoms with E-state index in [1.165, 1.54) is 18.4 Å². The van der Waals surface area contributed by atoms with Gasteiger partial charge in [0.05, 0.1) is 6.54 Å². The summed E-state index contributed by atoms with van der Waals surface area (Å²) in [7, 11) is 2.03. The topological polar surface area (TPSA) is 58.4 Å². The summed E-state index contributed by atoms with van der Waals surface area (Å²) in [5.74, 6) is 0.583. The maximum absolute atomic E-state index is 12.2. The molecule has 1 aromatic carbocycles. The van der Waals surface area contributed by atoms with Gasteiger partial charge in [0, 0.05) is 11.7 Å². The molecular weight excluding hydrogens is 262 g/mol. The highest BCUT2D eigenvalue weighted by Crippen LogP contribution is 2.28. The lowest BCUT2D eigenvalue weighted by molar-refractivity contribution is -0.117. The molecule has 1 aliphatic rings. The van der Waals surface area contributed by atoms with E-state index in [9.17, 15) is 4.79 Å². The van der Waals surface area contributed by atoms with Gasteiger partial charge in [-0.25, -0.2) is 0 Å². The van der Waals surface area contributed by atoms with E-state index < -0.39 is 0 Å². The van der Waals surface area contributed by atoms with Crippen LogP contribution >= 0.6 is 0 Å². The van der Waals surface area contributed by atoms with Gasteiger partial charge in [0.1, 0.15) is 0 Å². The van der Waals surface area contributed by atoms with E-state index in [2.05, 4.69) is 23.2 Å². The Hall–Kier alpha value is -1.39. The molecule has 3 N–H and O–H groups in total. The van der Waals surface area contributed by atoms with Crippen LogP contribution in [0.5, 0.6) is 0 Å². The van der Waals surface area contributed by atoms with E-state index in [0.717, 1.165) is 25.1 Å². The van der Waals surface area contributed by atoms with Crippen molar-refractivity contribution < 1.29 is 4.79 Å². The fourth-order valence-corrected chi connectivity index (χ4v) is 3.29. The lowest BCUT2D eigenvalue weighted by Gasteiger charge is -2.28. The van der Waals surface area contributed by atoms with E-state index in [4.69, 9.17) is 5.73 Å². The highest BCUT2D eigenvalue weighted by atomic mass is 16.2. The van der Waals surface area contributed by atoms with Gasteiger partial charge in [0.25, 0.3) is 0 Å². The second-order valence-corrected chi connectivity index (χ2v) is 6.01. The maximum atomic E-state index is 12.2. The third-order valence-corrected chi connectivity index (χ3v) is 4.50. The zero-order valence-corrected chi connectivity index (χ0v) is 13.1. The number of benzene rings is 1. The first-order chi connectivity index (χ1) is 10.1. The van der Waals surface area contributed by atoms with Crippen molar-refractivity contribution in [1.29, 1.82) is 0 Å². The molecule has 0 bridgehead atoms. The summed E-state index contributed by atoms with van der Waals surface area (Å²) in [5, 5.41) is 2.99. The van der Waals surface area contributed by atoms with Crippen molar-refractivity contribution in [2.45, 2.75) is 38.6 Å². The molecule has 4 heteroatoms. The Labute approximate surface area is 127 Å². The first kappa shape index (κ1) is 16.0. The number of hydrogen-bond donors (Lipinski definition) is 2. The third kappa shape index (κ3) is 4.29. The molecule has 1 aliphatic carbocycles. The number of aryl methyl sites for hydroxylation is 1. The summed E-state index contributed by atoms with van der Waals surface area (Å²) in [6, 6.07) is 8.49. The summed E-state index contributed by atoms with van der Waals surface area (Å²) in [6.07, 6.45) is 4.53. The van der Waals surface area contributed by atoms with Crippen LogP contribution in [0.1, 0.15) is 31.7 Å². The van der Waals surface area contributed by atoms with Crippen LogP contribution in [0, 0.1) is 5.92 Å². The minimum Gasteiger partial charge on any atom is -0.330 e. The molecule has 0 aliphatic heterocycles. The first-order valence-electron chi connectivity index (χ1n) is 7.93. The van der Waals surface area contributed by atoms with Gasteiger partial charge in [-0.2, -0.15) is 0 Å². The number of carbonyl (C=O) groups is 1. The number of anilines is 1. The van der Waals surface area contributed by atoms with Gasteiger partial charge >= 0.3 is 0 Å². The molecule has 1 fully saturated rings. The van der Waals surface area contributed by atoms with Crippen LogP contribution < -0.4 is 11.1 Å². The van der Waals surface area contributed by atoms with Crippen molar-refractivity contribution in [3.63, 3.8) is 0 Å². The number of nitrogens with one attached hydrogen (secondary N) is 1. The summed E-state index contributed by atoms with van der Waals surface area (Å²) < 4.78 is 0. The molecule has 0 spiro atoms. The molecule has 1 amide bonds. The Morgan fingerprint density at radius 1 is 1.43 bits per heavy atom. The number of nitrogens with two attached hydrogens (primary N) is 1. The molecule has 21 heavy (non-hydrogen) atoms. The van der Waals surface area contributed by atoms with Crippen molar-refractivity contribution in [1.82, 2.24) is 4.90 Å². The lowest BCUT2D eigenvalue weighted by Crippen LogP contribution is -2.41. The van der Waals surface area contributed by atoms with Gasteiger partial charge in [-0.1, -0.05) is 25.5 Å². The lowest BCUT2D eigenvalue weighted by atomic mass is 10.0. The standard InChI is InChI=1S/C17H27N3O/c1-3-13-6-4-8-15(10-13)19-17(21)12-20(2)16-9-5-7-14(16)11-18/h4,6,8,10,14,16H,3,5,7,9,11-12,18H2,1-2H3,(H,19,21). The molecular formula is C17H27N3O. The van der Waals surface area contributed by atoms with Crippen LogP contribution in [0.25, 0.3) is 0 Å². The van der Waals surface area contributed by atoms with Crippen molar-refractivity contribution >= 4 is 11.6 Å². The molecule has 0 heterocycles. The Morgan fingerprint density at radius 3 is 2.95 bits per heavy atom. The zero-order chi connectivity index (χ0) is 15.2. The Morgan fingerprint density at radius 2 is 2.24 bits per heavy atom. The second-order valence-electron chi connectivity index (χ2n) is 6.01. The maximum Gasteiger partial charge on any atom is 0.238 e. The fraction of sp³-hybridized carbons (Fsp3) is 0.588. The summed E-state index contributed by atoms with van der Waals surface area (Å²) in [4.78, 5) is 14.3. The predicted molar refractivity (Wildman–Crippen MR) is 87.3 cm³/mol. The third-order valence-electron chi connectivity index (χ3n) is 4.50. The number of likely N-dealkylation sites (N-methyl/N-ethyl adjacent to an activating group) is 1. The molecule has 116 valence electrons. The number of rotatable bonds is 6. The van der Waals surface area contributed by atoms with E-state index in [1.54, 1.807) is 0 Å². The van der Waals surface area contributed by atoms with Gasteiger partial charge in [-0.15, -0.1) is 0 Å². The van der Waals surface area contributed by atoms with Crippen molar-refractivity contribution in [3.8, 4) is 0 Å². The average Bonchev–Trinajstić information content (AvgIpc) is 2.95. The van der Waals surface area contributed by atoms with Gasteiger partial charge in [-0.05, 0) is 56.5 Å². The summed E-state index contributed by atoms with van der Waals surface area (Å²) in [5.41, 5.74) is 7.94. The number of amides is 1. The molecule has 2 rings (SSSR count). The van der Waals surface area contributed by atoms with Crippen LogP contribution in [0.2, 0.25) is 0 Å². The molecule has 0 radical (unpaired) electrons. The van der Waals surface area contributed by atoms with Crippen LogP contribution in [0.15, 0.2) is 24.3 Å². The van der Waals surface area contributed by atoms with Crippen LogP contribution in [-0.4, -0.2) is 37.0 Å².